The van der Waals surface area contributed by atoms with Crippen molar-refractivity contribution in [2.24, 2.45) is 0 Å². The minimum absolute atomic E-state index is 0.0591. The van der Waals surface area contributed by atoms with Gasteiger partial charge in [-0.05, 0) is 23.9 Å². The van der Waals surface area contributed by atoms with Crippen molar-refractivity contribution in [3.63, 3.8) is 0 Å². The first-order valence-electron chi connectivity index (χ1n) is 6.95. The van der Waals surface area contributed by atoms with Crippen molar-refractivity contribution in [2.45, 2.75) is 13.0 Å². The lowest BCUT2D eigenvalue weighted by Gasteiger charge is -2.17. The maximum atomic E-state index is 11.8. The molecule has 1 atom stereocenters. The van der Waals surface area contributed by atoms with Crippen LogP contribution in [0.2, 0.25) is 5.02 Å². The molecule has 0 spiro atoms. The fourth-order valence-electron chi connectivity index (χ4n) is 2.24. The highest BCUT2D eigenvalue weighted by molar-refractivity contribution is 6.35. The van der Waals surface area contributed by atoms with Crippen molar-refractivity contribution in [1.82, 2.24) is 16.0 Å². The van der Waals surface area contributed by atoms with E-state index in [2.05, 4.69) is 16.0 Å². The summed E-state index contributed by atoms with van der Waals surface area (Å²) in [6, 6.07) is 10.9. The van der Waals surface area contributed by atoms with Crippen LogP contribution in [0.3, 0.4) is 0 Å². The van der Waals surface area contributed by atoms with Gasteiger partial charge in [0.2, 0.25) is 5.91 Å². The van der Waals surface area contributed by atoms with Crippen molar-refractivity contribution in [3.05, 3.63) is 47.0 Å². The standard InChI is InChI=1S/C16H18ClN3O2/c1-10(20-16(22)19-9-15(21)18-2)11-7-8-14(17)13-6-4-3-5-12(11)13/h3-8,10H,9H2,1-2H3,(H,18,21)(H2,19,20,22)/t10-/m0/s1. The molecule has 0 heterocycles. The molecule has 0 radical (unpaired) electrons. The first-order chi connectivity index (χ1) is 10.5. The van der Waals surface area contributed by atoms with E-state index in [9.17, 15) is 9.59 Å². The Morgan fingerprint density at radius 3 is 2.50 bits per heavy atom. The Bertz CT molecular complexity index is 703. The molecular weight excluding hydrogens is 302 g/mol. The summed E-state index contributed by atoms with van der Waals surface area (Å²) in [6.45, 7) is 1.82. The van der Waals surface area contributed by atoms with E-state index < -0.39 is 6.03 Å². The van der Waals surface area contributed by atoms with Crippen molar-refractivity contribution in [1.29, 1.82) is 0 Å². The Morgan fingerprint density at radius 2 is 1.82 bits per heavy atom. The van der Waals surface area contributed by atoms with Crippen LogP contribution in [0.5, 0.6) is 0 Å². The number of likely N-dealkylation sites (N-methyl/N-ethyl adjacent to an activating group) is 1. The van der Waals surface area contributed by atoms with Crippen LogP contribution in [-0.2, 0) is 4.79 Å². The molecule has 3 N–H and O–H groups in total. The molecule has 0 unspecified atom stereocenters. The number of carbonyl (C=O) groups is 2. The highest BCUT2D eigenvalue weighted by Crippen LogP contribution is 2.29. The van der Waals surface area contributed by atoms with Crippen LogP contribution >= 0.6 is 11.6 Å². The van der Waals surface area contributed by atoms with Gasteiger partial charge in [-0.25, -0.2) is 4.79 Å². The van der Waals surface area contributed by atoms with Gasteiger partial charge >= 0.3 is 6.03 Å². The second-order valence-corrected chi connectivity index (χ2v) is 5.31. The Balaban J connectivity index is 2.13. The largest absolute Gasteiger partial charge is 0.358 e. The molecule has 116 valence electrons. The van der Waals surface area contributed by atoms with Crippen LogP contribution in [-0.4, -0.2) is 25.5 Å². The number of nitrogens with one attached hydrogen (secondary N) is 3. The zero-order chi connectivity index (χ0) is 16.1. The third-order valence-corrected chi connectivity index (χ3v) is 3.74. The Kier molecular flexibility index (Phi) is 5.22. The molecule has 0 fully saturated rings. The first-order valence-corrected chi connectivity index (χ1v) is 7.33. The van der Waals surface area contributed by atoms with E-state index in [0.717, 1.165) is 16.3 Å². The lowest BCUT2D eigenvalue weighted by atomic mass is 10.00. The highest BCUT2D eigenvalue weighted by Gasteiger charge is 2.13. The van der Waals surface area contributed by atoms with Gasteiger partial charge in [0.1, 0.15) is 0 Å². The molecule has 0 aliphatic carbocycles. The lowest BCUT2D eigenvalue weighted by molar-refractivity contribution is -0.119. The maximum Gasteiger partial charge on any atom is 0.315 e. The molecule has 22 heavy (non-hydrogen) atoms. The predicted octanol–water partition coefficient (Wildman–Crippen LogP) is 2.60. The monoisotopic (exact) mass is 319 g/mol. The SMILES string of the molecule is CNC(=O)CNC(=O)N[C@@H](C)c1ccc(Cl)c2ccccc12. The number of hydrogen-bond acceptors (Lipinski definition) is 2. The van der Waals surface area contributed by atoms with Gasteiger partial charge < -0.3 is 16.0 Å². The quantitative estimate of drug-likeness (QED) is 0.810. The van der Waals surface area contributed by atoms with E-state index in [1.165, 1.54) is 7.05 Å². The van der Waals surface area contributed by atoms with Gasteiger partial charge in [-0.1, -0.05) is 41.9 Å². The molecule has 0 aliphatic heterocycles. The van der Waals surface area contributed by atoms with Crippen LogP contribution < -0.4 is 16.0 Å². The smallest absolute Gasteiger partial charge is 0.315 e. The molecule has 0 aromatic heterocycles. The fourth-order valence-corrected chi connectivity index (χ4v) is 2.47. The third-order valence-electron chi connectivity index (χ3n) is 3.41. The fraction of sp³-hybridized carbons (Fsp3) is 0.250. The predicted molar refractivity (Wildman–Crippen MR) is 88.0 cm³/mol. The van der Waals surface area contributed by atoms with Gasteiger partial charge in [0, 0.05) is 17.5 Å². The third kappa shape index (κ3) is 3.68. The molecule has 0 aliphatic rings. The summed E-state index contributed by atoms with van der Waals surface area (Å²) in [6.07, 6.45) is 0. The molecule has 0 saturated carbocycles. The van der Waals surface area contributed by atoms with Crippen LogP contribution in [0.4, 0.5) is 4.79 Å². The zero-order valence-electron chi connectivity index (χ0n) is 12.4. The van der Waals surface area contributed by atoms with E-state index >= 15 is 0 Å². The summed E-state index contributed by atoms with van der Waals surface area (Å²) in [4.78, 5) is 22.9. The van der Waals surface area contributed by atoms with E-state index in [1.54, 1.807) is 0 Å². The van der Waals surface area contributed by atoms with Crippen LogP contribution in [0.25, 0.3) is 10.8 Å². The van der Waals surface area contributed by atoms with E-state index in [-0.39, 0.29) is 18.5 Å². The first kappa shape index (κ1) is 16.1. The van der Waals surface area contributed by atoms with Crippen LogP contribution in [0.15, 0.2) is 36.4 Å². The molecule has 5 nitrogen and oxygen atoms in total. The molecule has 2 aromatic rings. The minimum atomic E-state index is -0.393. The topological polar surface area (TPSA) is 70.2 Å². The number of amides is 3. The average Bonchev–Trinajstić information content (AvgIpc) is 2.53. The maximum absolute atomic E-state index is 11.8. The van der Waals surface area contributed by atoms with Gasteiger partial charge in [0.05, 0.1) is 12.6 Å². The number of benzene rings is 2. The molecule has 2 rings (SSSR count). The molecule has 0 bridgehead atoms. The van der Waals surface area contributed by atoms with Gasteiger partial charge in [0.15, 0.2) is 0 Å². The normalized spacial score (nSPS) is 11.8. The zero-order valence-corrected chi connectivity index (χ0v) is 13.2. The van der Waals surface area contributed by atoms with Crippen LogP contribution in [0.1, 0.15) is 18.5 Å². The second kappa shape index (κ2) is 7.13. The second-order valence-electron chi connectivity index (χ2n) is 4.90. The summed E-state index contributed by atoms with van der Waals surface area (Å²) in [5.74, 6) is -0.250. The van der Waals surface area contributed by atoms with Crippen molar-refractivity contribution in [2.75, 3.05) is 13.6 Å². The Hall–Kier alpha value is -2.27. The van der Waals surface area contributed by atoms with Crippen molar-refractivity contribution in [3.8, 4) is 0 Å². The molecule has 0 saturated heterocycles. The molecule has 2 aromatic carbocycles. The Morgan fingerprint density at radius 1 is 1.14 bits per heavy atom. The van der Waals surface area contributed by atoms with E-state index in [4.69, 9.17) is 11.6 Å². The number of halogens is 1. The summed E-state index contributed by atoms with van der Waals surface area (Å²) in [5.41, 5.74) is 0.968. The number of fused-ring (bicyclic) bond motifs is 1. The Labute approximate surface area is 134 Å². The summed E-state index contributed by atoms with van der Waals surface area (Å²) < 4.78 is 0. The van der Waals surface area contributed by atoms with Gasteiger partial charge in [-0.15, -0.1) is 0 Å². The average molecular weight is 320 g/mol. The number of hydrogen-bond donors (Lipinski definition) is 3. The van der Waals surface area contributed by atoms with Gasteiger partial charge in [0.25, 0.3) is 0 Å². The van der Waals surface area contributed by atoms with E-state index in [1.807, 2.05) is 43.3 Å². The van der Waals surface area contributed by atoms with Gasteiger partial charge in [-0.3, -0.25) is 4.79 Å². The molecule has 3 amide bonds. The summed E-state index contributed by atoms with van der Waals surface area (Å²) in [5, 5.41) is 10.4. The number of carbonyl (C=O) groups excluding carboxylic acids is 2. The van der Waals surface area contributed by atoms with Gasteiger partial charge in [-0.2, -0.15) is 0 Å². The van der Waals surface area contributed by atoms with E-state index in [0.29, 0.717) is 5.02 Å². The van der Waals surface area contributed by atoms with Crippen LogP contribution in [0, 0.1) is 0 Å². The molecular formula is C16H18ClN3O2. The highest BCUT2D eigenvalue weighted by atomic mass is 35.5. The van der Waals surface area contributed by atoms with Crippen molar-refractivity contribution < 1.29 is 9.59 Å². The van der Waals surface area contributed by atoms with Crippen molar-refractivity contribution >= 4 is 34.3 Å². The summed E-state index contributed by atoms with van der Waals surface area (Å²) in [7, 11) is 1.52. The lowest BCUT2D eigenvalue weighted by Crippen LogP contribution is -2.42. The summed E-state index contributed by atoms with van der Waals surface area (Å²) >= 11 is 6.20. The number of rotatable bonds is 4. The molecule has 6 heteroatoms. The number of urea groups is 1. The minimum Gasteiger partial charge on any atom is -0.358 e.